The lowest BCUT2D eigenvalue weighted by Crippen LogP contribution is -2.59. The molecule has 1 fully saturated rings. The molecule has 7 nitrogen and oxygen atoms in total. The minimum absolute atomic E-state index is 0.00621. The third-order valence-electron chi connectivity index (χ3n) is 5.19. The maximum absolute atomic E-state index is 11.2. The van der Waals surface area contributed by atoms with E-state index in [0.29, 0.717) is 6.42 Å². The molecule has 0 aromatic heterocycles. The zero-order valence-electron chi connectivity index (χ0n) is 15.7. The molecule has 0 spiro atoms. The van der Waals surface area contributed by atoms with E-state index >= 15 is 0 Å². The van der Waals surface area contributed by atoms with Crippen LogP contribution in [0.15, 0.2) is 23.8 Å². The summed E-state index contributed by atoms with van der Waals surface area (Å²) in [5.74, 6) is 0.0781. The first-order chi connectivity index (χ1) is 12.1. The molecule has 1 aliphatic heterocycles. The van der Waals surface area contributed by atoms with E-state index in [1.54, 1.807) is 6.08 Å². The Bertz CT molecular complexity index is 566. The molecule has 0 amide bonds. The molecule has 1 unspecified atom stereocenters. The third-order valence-corrected chi connectivity index (χ3v) is 5.19. The molecule has 26 heavy (non-hydrogen) atoms. The summed E-state index contributed by atoms with van der Waals surface area (Å²) in [5.41, 5.74) is 0.845. The van der Waals surface area contributed by atoms with Crippen molar-refractivity contribution in [3.8, 4) is 0 Å². The van der Waals surface area contributed by atoms with Gasteiger partial charge in [-0.2, -0.15) is 0 Å². The Kier molecular flexibility index (Phi) is 6.76. The third kappa shape index (κ3) is 4.60. The summed E-state index contributed by atoms with van der Waals surface area (Å²) in [6.07, 6.45) is -0.788. The Balaban J connectivity index is 2.14. The average molecular weight is 370 g/mol. The van der Waals surface area contributed by atoms with Gasteiger partial charge in [0.25, 0.3) is 0 Å². The van der Waals surface area contributed by atoms with Crippen molar-refractivity contribution in [1.82, 2.24) is 0 Å². The van der Waals surface area contributed by atoms with E-state index in [9.17, 15) is 25.2 Å². The van der Waals surface area contributed by atoms with E-state index in [1.165, 1.54) is 6.92 Å². The molecule has 7 heteroatoms. The summed E-state index contributed by atoms with van der Waals surface area (Å²) in [5, 5.41) is 39.1. The fourth-order valence-electron chi connectivity index (χ4n) is 3.80. The first-order valence-electron chi connectivity index (χ1n) is 8.90. The quantitative estimate of drug-likeness (QED) is 0.406. The normalized spacial score (nSPS) is 40.5. The number of ether oxygens (including phenoxy) is 2. The lowest BCUT2D eigenvalue weighted by Gasteiger charge is -2.44. The molecule has 4 N–H and O–H groups in total. The van der Waals surface area contributed by atoms with E-state index in [2.05, 4.69) is 13.8 Å². The van der Waals surface area contributed by atoms with Gasteiger partial charge in [0.05, 0.1) is 12.7 Å². The number of allylic oxidation sites excluding steroid dienone is 3. The van der Waals surface area contributed by atoms with Crippen LogP contribution >= 0.6 is 0 Å². The van der Waals surface area contributed by atoms with Gasteiger partial charge in [-0.15, -0.1) is 0 Å². The summed E-state index contributed by atoms with van der Waals surface area (Å²) in [4.78, 5) is 11.2. The van der Waals surface area contributed by atoms with Crippen LogP contribution in [0.3, 0.4) is 0 Å². The summed E-state index contributed by atoms with van der Waals surface area (Å²) in [6.45, 7) is 7.12. The van der Waals surface area contributed by atoms with E-state index in [-0.39, 0.29) is 23.2 Å². The second-order valence-corrected chi connectivity index (χ2v) is 7.92. The highest BCUT2D eigenvalue weighted by Crippen LogP contribution is 2.43. The highest BCUT2D eigenvalue weighted by atomic mass is 16.7. The van der Waals surface area contributed by atoms with E-state index in [4.69, 9.17) is 9.47 Å². The Morgan fingerprint density at radius 2 is 1.96 bits per heavy atom. The molecule has 0 aromatic carbocycles. The van der Waals surface area contributed by atoms with Crippen LogP contribution in [0.2, 0.25) is 0 Å². The van der Waals surface area contributed by atoms with Crippen LogP contribution in [-0.4, -0.2) is 69.6 Å². The van der Waals surface area contributed by atoms with E-state index in [0.717, 1.165) is 5.57 Å². The summed E-state index contributed by atoms with van der Waals surface area (Å²) < 4.78 is 11.3. The van der Waals surface area contributed by atoms with Crippen molar-refractivity contribution in [2.24, 2.45) is 11.3 Å². The van der Waals surface area contributed by atoms with Gasteiger partial charge >= 0.3 is 0 Å². The fraction of sp³-hybridized carbons (Fsp3) is 0.737. The molecule has 2 rings (SSSR count). The van der Waals surface area contributed by atoms with Crippen molar-refractivity contribution in [2.75, 3.05) is 6.61 Å². The van der Waals surface area contributed by atoms with Gasteiger partial charge in [0.2, 0.25) is 0 Å². The maximum Gasteiger partial charge on any atom is 0.187 e. The molecular formula is C19H30O7. The van der Waals surface area contributed by atoms with Crippen LogP contribution in [-0.2, 0) is 14.3 Å². The highest BCUT2D eigenvalue weighted by Gasteiger charge is 2.46. The predicted molar refractivity (Wildman–Crippen MR) is 94.1 cm³/mol. The highest BCUT2D eigenvalue weighted by molar-refractivity contribution is 5.87. The Labute approximate surface area is 153 Å². The molecule has 0 bridgehead atoms. The standard InChI is InChI=1S/C19H30O7/c1-10-7-12(8-19(3,4)13(10)6-5-11(2)21)25-18-17(24)16(23)15(22)14(9-20)26-18/h5-7,12-18,20,22-24H,8-9H2,1-4H3/b6-5+/t12?,13-,14+,15+,16-,17+,18+/m0/s1. The SMILES string of the molecule is CC(=O)/C=C/[C@H]1C(C)=CC(O[C@@H]2O[C@H](CO)[C@@H](O)[C@H](O)[C@H]2O)CC1(C)C. The van der Waals surface area contributed by atoms with Crippen molar-refractivity contribution >= 4 is 5.78 Å². The predicted octanol–water partition coefficient (Wildman–Crippen LogP) is 0.309. The Hall–Kier alpha value is -1.09. The van der Waals surface area contributed by atoms with Crippen LogP contribution in [0.4, 0.5) is 0 Å². The number of rotatable bonds is 5. The molecule has 0 radical (unpaired) electrons. The summed E-state index contributed by atoms with van der Waals surface area (Å²) in [7, 11) is 0. The van der Waals surface area contributed by atoms with Gasteiger partial charge in [0.1, 0.15) is 24.4 Å². The molecule has 148 valence electrons. The second kappa shape index (κ2) is 8.29. The first kappa shape index (κ1) is 21.2. The second-order valence-electron chi connectivity index (χ2n) is 7.92. The molecule has 0 aromatic rings. The molecule has 7 atom stereocenters. The number of hydrogen-bond acceptors (Lipinski definition) is 7. The van der Waals surface area contributed by atoms with Crippen LogP contribution in [0.1, 0.15) is 34.1 Å². The molecule has 1 aliphatic carbocycles. The number of ketones is 1. The van der Waals surface area contributed by atoms with E-state index in [1.807, 2.05) is 19.1 Å². The van der Waals surface area contributed by atoms with Crippen LogP contribution < -0.4 is 0 Å². The van der Waals surface area contributed by atoms with Gasteiger partial charge in [0, 0.05) is 5.92 Å². The zero-order valence-corrected chi connectivity index (χ0v) is 15.7. The Morgan fingerprint density at radius 1 is 1.31 bits per heavy atom. The van der Waals surface area contributed by atoms with Crippen molar-refractivity contribution in [1.29, 1.82) is 0 Å². The molecule has 1 saturated heterocycles. The van der Waals surface area contributed by atoms with Gasteiger partial charge in [0.15, 0.2) is 12.1 Å². The van der Waals surface area contributed by atoms with Gasteiger partial charge < -0.3 is 29.9 Å². The zero-order chi connectivity index (χ0) is 19.6. The van der Waals surface area contributed by atoms with Crippen molar-refractivity contribution in [2.45, 2.75) is 70.9 Å². The minimum Gasteiger partial charge on any atom is -0.394 e. The summed E-state index contributed by atoms with van der Waals surface area (Å²) in [6, 6.07) is 0. The summed E-state index contributed by atoms with van der Waals surface area (Å²) >= 11 is 0. The molecule has 1 heterocycles. The van der Waals surface area contributed by atoms with Crippen molar-refractivity contribution in [3.05, 3.63) is 23.8 Å². The van der Waals surface area contributed by atoms with Crippen molar-refractivity contribution in [3.63, 3.8) is 0 Å². The number of aliphatic hydroxyl groups excluding tert-OH is 4. The largest absolute Gasteiger partial charge is 0.394 e. The molecule has 0 saturated carbocycles. The first-order valence-corrected chi connectivity index (χ1v) is 8.90. The van der Waals surface area contributed by atoms with Gasteiger partial charge in [-0.25, -0.2) is 0 Å². The lowest BCUT2D eigenvalue weighted by molar-refractivity contribution is -0.309. The number of carbonyl (C=O) groups is 1. The number of carbonyl (C=O) groups excluding carboxylic acids is 1. The van der Waals surface area contributed by atoms with Gasteiger partial charge in [-0.3, -0.25) is 4.79 Å². The maximum atomic E-state index is 11.2. The smallest absolute Gasteiger partial charge is 0.187 e. The molecular weight excluding hydrogens is 340 g/mol. The average Bonchev–Trinajstić information content (AvgIpc) is 2.53. The Morgan fingerprint density at radius 3 is 2.50 bits per heavy atom. The fourth-order valence-corrected chi connectivity index (χ4v) is 3.80. The van der Waals surface area contributed by atoms with Gasteiger partial charge in [-0.1, -0.05) is 31.6 Å². The van der Waals surface area contributed by atoms with Crippen LogP contribution in [0, 0.1) is 11.3 Å². The topological polar surface area (TPSA) is 116 Å². The number of hydrogen-bond donors (Lipinski definition) is 4. The van der Waals surface area contributed by atoms with Crippen molar-refractivity contribution < 1.29 is 34.7 Å². The van der Waals surface area contributed by atoms with Crippen LogP contribution in [0.5, 0.6) is 0 Å². The van der Waals surface area contributed by atoms with Crippen LogP contribution in [0.25, 0.3) is 0 Å². The van der Waals surface area contributed by atoms with E-state index < -0.39 is 37.3 Å². The minimum atomic E-state index is -1.46. The van der Waals surface area contributed by atoms with Gasteiger partial charge in [-0.05, 0) is 31.8 Å². The number of aliphatic hydroxyl groups is 4. The lowest BCUT2D eigenvalue weighted by atomic mass is 9.67. The monoisotopic (exact) mass is 370 g/mol. The molecule has 2 aliphatic rings.